The van der Waals surface area contributed by atoms with E-state index in [-0.39, 0.29) is 74.9 Å². The van der Waals surface area contributed by atoms with Gasteiger partial charge in [0, 0.05) is 0 Å². The Balaban J connectivity index is -0.0000000654. The molecule has 0 aliphatic rings. The summed E-state index contributed by atoms with van der Waals surface area (Å²) in [7, 11) is 0. The number of nitriles is 1. The van der Waals surface area contributed by atoms with E-state index in [0.29, 0.717) is 0 Å². The fourth-order valence-electron chi connectivity index (χ4n) is 0. The number of hydrogen-bond acceptors (Lipinski definition) is 4. The minimum absolute atomic E-state index is 0. The monoisotopic (exact) mass is 366 g/mol. The van der Waals surface area contributed by atoms with E-state index in [4.69, 9.17) is 20.6 Å². The molecule has 11 heteroatoms. The SMILES string of the molecule is N#CS.N=C(N)N.O=C(O)C(F)(F)F.[CsH]. The van der Waals surface area contributed by atoms with Gasteiger partial charge in [0.2, 0.25) is 0 Å². The maximum atomic E-state index is 10.6. The summed E-state index contributed by atoms with van der Waals surface area (Å²) in [6, 6.07) is 0. The molecule has 0 radical (unpaired) electrons. The molecule has 0 saturated heterocycles. The van der Waals surface area contributed by atoms with Crippen molar-refractivity contribution in [3.05, 3.63) is 0 Å². The Labute approximate surface area is 148 Å². The molecular weight excluding hydrogens is 358 g/mol. The minimum atomic E-state index is -5.08. The Kier molecular flexibility index (Phi) is 23.6. The predicted molar refractivity (Wildman–Crippen MR) is 51.5 cm³/mol. The third-order valence-corrected chi connectivity index (χ3v) is 0.243. The second-order valence-electron chi connectivity index (χ2n) is 1.36. The van der Waals surface area contributed by atoms with Gasteiger partial charge in [0.1, 0.15) is 5.40 Å². The molecule has 0 spiro atoms. The molecule has 0 aromatic rings. The molecular formula is C4H8CsF3N4O2S. The fourth-order valence-corrected chi connectivity index (χ4v) is 0. The van der Waals surface area contributed by atoms with Crippen LogP contribution < -0.4 is 11.5 Å². The van der Waals surface area contributed by atoms with E-state index in [1.807, 2.05) is 0 Å². The normalized spacial score (nSPS) is 7.40. The van der Waals surface area contributed by atoms with Gasteiger partial charge in [-0.15, -0.1) is 0 Å². The van der Waals surface area contributed by atoms with E-state index < -0.39 is 12.1 Å². The van der Waals surface area contributed by atoms with Gasteiger partial charge in [-0.1, -0.05) is 12.6 Å². The summed E-state index contributed by atoms with van der Waals surface area (Å²) in [4.78, 5) is 8.90. The van der Waals surface area contributed by atoms with Crippen LogP contribution in [0.2, 0.25) is 0 Å². The van der Waals surface area contributed by atoms with Crippen molar-refractivity contribution in [2.75, 3.05) is 0 Å². The fraction of sp³-hybridized carbons (Fsp3) is 0.250. The van der Waals surface area contributed by atoms with Gasteiger partial charge in [0.25, 0.3) is 0 Å². The molecule has 0 unspecified atom stereocenters. The molecule has 0 amide bonds. The molecule has 6 N–H and O–H groups in total. The summed E-state index contributed by atoms with van der Waals surface area (Å²) in [6.07, 6.45) is -5.08. The molecule has 15 heavy (non-hydrogen) atoms. The van der Waals surface area contributed by atoms with E-state index in [2.05, 4.69) is 24.1 Å². The van der Waals surface area contributed by atoms with Crippen LogP contribution in [0.3, 0.4) is 0 Å². The second-order valence-corrected chi connectivity index (χ2v) is 1.56. The van der Waals surface area contributed by atoms with Gasteiger partial charge in [0.05, 0.1) is 0 Å². The zero-order chi connectivity index (χ0) is 12.4. The topological polar surface area (TPSA) is 137 Å². The molecule has 0 heterocycles. The number of nitrogens with zero attached hydrogens (tertiary/aromatic N) is 1. The van der Waals surface area contributed by atoms with E-state index in [1.54, 1.807) is 0 Å². The molecule has 0 atom stereocenters. The van der Waals surface area contributed by atoms with Gasteiger partial charge in [0.15, 0.2) is 5.96 Å². The Morgan fingerprint density at radius 1 is 1.47 bits per heavy atom. The van der Waals surface area contributed by atoms with Crippen LogP contribution in [-0.4, -0.2) is 92.1 Å². The zero-order valence-electron chi connectivity index (χ0n) is 6.54. The van der Waals surface area contributed by atoms with Crippen molar-refractivity contribution in [3.63, 3.8) is 0 Å². The van der Waals surface area contributed by atoms with E-state index in [9.17, 15) is 13.2 Å². The number of nitrogens with one attached hydrogen (secondary N) is 1. The van der Waals surface area contributed by atoms with Crippen LogP contribution in [0.5, 0.6) is 0 Å². The molecule has 0 fully saturated rings. The van der Waals surface area contributed by atoms with Crippen LogP contribution in [0.1, 0.15) is 0 Å². The van der Waals surface area contributed by atoms with E-state index in [1.165, 1.54) is 5.40 Å². The molecule has 0 aromatic heterocycles. The summed E-state index contributed by atoms with van der Waals surface area (Å²) < 4.78 is 31.7. The molecule has 0 bridgehead atoms. The standard InChI is InChI=1S/C2HF3O2.CH5N3.CHNS.Cs.H/c3-2(4,5)1(6)7;2-1(3)4;2-1-3;;/h(H,6,7);(H5,2,3,4);3H;;. The molecule has 84 valence electrons. The van der Waals surface area contributed by atoms with Crippen molar-refractivity contribution in [2.24, 2.45) is 11.5 Å². The van der Waals surface area contributed by atoms with Crippen molar-refractivity contribution >= 4 is 93.5 Å². The molecule has 0 aliphatic carbocycles. The number of aliphatic carboxylic acids is 1. The molecule has 0 aromatic carbocycles. The Hall–Kier alpha value is 0.422. The van der Waals surface area contributed by atoms with Crippen molar-refractivity contribution in [1.29, 1.82) is 10.7 Å². The molecule has 0 rings (SSSR count). The zero-order valence-corrected chi connectivity index (χ0v) is 7.43. The first kappa shape index (κ1) is 24.6. The average Bonchev–Trinajstić information content (AvgIpc) is 1.84. The predicted octanol–water partition coefficient (Wildman–Crippen LogP) is -0.779. The van der Waals surface area contributed by atoms with Crippen molar-refractivity contribution < 1.29 is 23.1 Å². The Morgan fingerprint density at radius 3 is 1.53 bits per heavy atom. The summed E-state index contributed by atoms with van der Waals surface area (Å²) >= 11 is 3.09. The number of nitrogens with two attached hydrogens (primary N) is 2. The van der Waals surface area contributed by atoms with Gasteiger partial charge < -0.3 is 16.6 Å². The van der Waals surface area contributed by atoms with Crippen LogP contribution >= 0.6 is 12.6 Å². The van der Waals surface area contributed by atoms with Crippen LogP contribution in [0, 0.1) is 16.1 Å². The van der Waals surface area contributed by atoms with E-state index >= 15 is 0 Å². The summed E-state index contributed by atoms with van der Waals surface area (Å²) in [5, 5.41) is 21.8. The number of carboxylic acids is 1. The number of hydrogen-bond donors (Lipinski definition) is 5. The van der Waals surface area contributed by atoms with Crippen molar-refractivity contribution in [3.8, 4) is 5.40 Å². The van der Waals surface area contributed by atoms with Crippen LogP contribution in [0.25, 0.3) is 0 Å². The first-order valence-electron chi connectivity index (χ1n) is 2.52. The first-order valence-corrected chi connectivity index (χ1v) is 2.97. The molecule has 0 aliphatic heterocycles. The summed E-state index contributed by atoms with van der Waals surface area (Å²) in [5.41, 5.74) is 8.94. The van der Waals surface area contributed by atoms with Gasteiger partial charge >= 0.3 is 81.0 Å². The summed E-state index contributed by atoms with van der Waals surface area (Å²) in [6.45, 7) is 0. The van der Waals surface area contributed by atoms with Gasteiger partial charge in [-0.3, -0.25) is 5.41 Å². The number of halogens is 3. The Morgan fingerprint density at radius 2 is 1.53 bits per heavy atom. The van der Waals surface area contributed by atoms with E-state index in [0.717, 1.165) is 0 Å². The molecule has 6 nitrogen and oxygen atoms in total. The van der Waals surface area contributed by atoms with Crippen LogP contribution in [0.15, 0.2) is 0 Å². The van der Waals surface area contributed by atoms with Crippen LogP contribution in [-0.2, 0) is 4.79 Å². The maximum absolute atomic E-state index is 10.6. The Bertz CT molecular complexity index is 225. The number of carboxylic acid groups (broad SMARTS) is 1. The average molecular weight is 366 g/mol. The van der Waals surface area contributed by atoms with Gasteiger partial charge in [-0.2, -0.15) is 18.4 Å². The third-order valence-electron chi connectivity index (χ3n) is 0.243. The number of rotatable bonds is 0. The van der Waals surface area contributed by atoms with Crippen molar-refractivity contribution in [1.82, 2.24) is 0 Å². The third kappa shape index (κ3) is 54.0. The number of thiocyanates is 1. The number of alkyl halides is 3. The van der Waals surface area contributed by atoms with Gasteiger partial charge in [-0.25, -0.2) is 4.79 Å². The molecule has 0 saturated carbocycles. The van der Waals surface area contributed by atoms with Crippen molar-refractivity contribution in [2.45, 2.75) is 6.18 Å². The quantitative estimate of drug-likeness (QED) is 0.166. The number of guanidine groups is 1. The number of thiol groups is 1. The second kappa shape index (κ2) is 14.4. The first-order chi connectivity index (χ1) is 6.09. The van der Waals surface area contributed by atoms with Crippen LogP contribution in [0.4, 0.5) is 13.2 Å². The summed E-state index contributed by atoms with van der Waals surface area (Å²) in [5.74, 6) is -3.09. The van der Waals surface area contributed by atoms with Gasteiger partial charge in [-0.05, 0) is 0 Å². The number of carbonyl (C=O) groups is 1.